The summed E-state index contributed by atoms with van der Waals surface area (Å²) in [5.41, 5.74) is 6.00. The molecule has 3 fully saturated rings. The normalized spacial score (nSPS) is 25.9. The summed E-state index contributed by atoms with van der Waals surface area (Å²) in [7, 11) is 0. The topological polar surface area (TPSA) is 58.7 Å². The first-order chi connectivity index (χ1) is 22.2. The lowest BCUT2D eigenvalue weighted by atomic mass is 9.90. The zero-order chi connectivity index (χ0) is 30.2. The Hall–Kier alpha value is -3.88. The average Bonchev–Trinajstić information content (AvgIpc) is 3.53. The van der Waals surface area contributed by atoms with Crippen molar-refractivity contribution in [3.8, 4) is 11.5 Å². The van der Waals surface area contributed by atoms with Gasteiger partial charge in [-0.1, -0.05) is 18.2 Å². The maximum atomic E-state index is 6.24. The van der Waals surface area contributed by atoms with Gasteiger partial charge in [0, 0.05) is 48.0 Å². The van der Waals surface area contributed by atoms with E-state index in [0.29, 0.717) is 44.9 Å². The van der Waals surface area contributed by atoms with Crippen molar-refractivity contribution >= 4 is 11.4 Å². The summed E-state index contributed by atoms with van der Waals surface area (Å²) < 4.78 is 24.4. The monoisotopic (exact) mass is 608 g/mol. The molecule has 236 valence electrons. The van der Waals surface area contributed by atoms with E-state index in [4.69, 9.17) is 18.9 Å². The second-order valence-corrected chi connectivity index (χ2v) is 13.1. The molecule has 3 heterocycles. The van der Waals surface area contributed by atoms with Gasteiger partial charge in [0.15, 0.2) is 13.5 Å². The molecule has 0 spiro atoms. The van der Waals surface area contributed by atoms with Crippen LogP contribution in [0.4, 0.5) is 11.4 Å². The largest absolute Gasteiger partial charge is 0.478 e. The number of anilines is 2. The van der Waals surface area contributed by atoms with Crippen molar-refractivity contribution in [1.29, 1.82) is 0 Å². The van der Waals surface area contributed by atoms with Gasteiger partial charge in [-0.15, -0.1) is 0 Å². The van der Waals surface area contributed by atoms with Crippen molar-refractivity contribution in [3.05, 3.63) is 95.1 Å². The van der Waals surface area contributed by atoms with Crippen molar-refractivity contribution in [2.45, 2.75) is 70.5 Å². The molecular weight excluding hydrogens is 564 g/mol. The Morgan fingerprint density at radius 1 is 0.911 bits per heavy atom. The van der Waals surface area contributed by atoms with E-state index >= 15 is 0 Å². The number of aryl methyl sites for hydroxylation is 1. The van der Waals surface area contributed by atoms with E-state index < -0.39 is 0 Å². The zero-order valence-corrected chi connectivity index (χ0v) is 26.2. The number of benzene rings is 2. The Morgan fingerprint density at radius 2 is 1.80 bits per heavy atom. The second-order valence-electron chi connectivity index (χ2n) is 13.1. The van der Waals surface area contributed by atoms with Crippen molar-refractivity contribution in [2.75, 3.05) is 43.3 Å². The predicted octanol–water partition coefficient (Wildman–Crippen LogP) is 6.69. The molecule has 1 unspecified atom stereocenters. The first-order valence-electron chi connectivity index (χ1n) is 16.7. The van der Waals surface area contributed by atoms with Gasteiger partial charge in [-0.3, -0.25) is 10.2 Å². The highest BCUT2D eigenvalue weighted by Crippen LogP contribution is 2.38. The molecule has 1 saturated carbocycles. The van der Waals surface area contributed by atoms with Crippen molar-refractivity contribution < 1.29 is 18.9 Å². The van der Waals surface area contributed by atoms with Gasteiger partial charge in [0.2, 0.25) is 0 Å². The lowest BCUT2D eigenvalue weighted by molar-refractivity contribution is 0.0352. The highest BCUT2D eigenvalue weighted by Gasteiger charge is 2.31. The lowest BCUT2D eigenvalue weighted by Gasteiger charge is -2.39. The number of hydrogen-bond acceptors (Lipinski definition) is 8. The number of ether oxygens (including phenoxy) is 4. The SMILES string of the molecule is Cc1cc(N2COC3=CC=CCC3C2)ccc1OCNC1CCC(N2COc3ccc(N4COC5=CCCC=C54)cc3C2)CC1. The third kappa shape index (κ3) is 5.93. The Labute approximate surface area is 266 Å². The van der Waals surface area contributed by atoms with Crippen LogP contribution in [0.15, 0.2) is 84.0 Å². The summed E-state index contributed by atoms with van der Waals surface area (Å²) in [6.07, 6.45) is 18.7. The van der Waals surface area contributed by atoms with Crippen LogP contribution in [0.5, 0.6) is 11.5 Å². The number of nitrogens with one attached hydrogen (secondary N) is 1. The summed E-state index contributed by atoms with van der Waals surface area (Å²) in [5, 5.41) is 3.66. The molecule has 6 aliphatic rings. The summed E-state index contributed by atoms with van der Waals surface area (Å²) in [6, 6.07) is 14.1. The molecule has 0 aromatic heterocycles. The van der Waals surface area contributed by atoms with Crippen molar-refractivity contribution in [2.24, 2.45) is 5.92 Å². The Morgan fingerprint density at radius 3 is 2.71 bits per heavy atom. The molecule has 3 aliphatic heterocycles. The van der Waals surface area contributed by atoms with Gasteiger partial charge < -0.3 is 28.7 Å². The van der Waals surface area contributed by atoms with Crippen LogP contribution in [0, 0.1) is 12.8 Å². The van der Waals surface area contributed by atoms with Crippen LogP contribution in [0.2, 0.25) is 0 Å². The first kappa shape index (κ1) is 28.6. The van der Waals surface area contributed by atoms with E-state index in [0.717, 1.165) is 86.6 Å². The van der Waals surface area contributed by atoms with E-state index in [-0.39, 0.29) is 0 Å². The molecule has 8 nitrogen and oxygen atoms in total. The van der Waals surface area contributed by atoms with Crippen LogP contribution in [0.3, 0.4) is 0 Å². The smallest absolute Gasteiger partial charge is 0.165 e. The van der Waals surface area contributed by atoms with Crippen LogP contribution >= 0.6 is 0 Å². The average molecular weight is 609 g/mol. The Balaban J connectivity index is 0.805. The summed E-state index contributed by atoms with van der Waals surface area (Å²) in [4.78, 5) is 7.12. The van der Waals surface area contributed by atoms with Crippen LogP contribution in [-0.2, 0) is 16.0 Å². The minimum atomic E-state index is 0.446. The molecule has 3 aliphatic carbocycles. The Kier molecular flexibility index (Phi) is 7.93. The fourth-order valence-corrected chi connectivity index (χ4v) is 7.60. The minimum absolute atomic E-state index is 0.446. The third-order valence-corrected chi connectivity index (χ3v) is 10.2. The maximum Gasteiger partial charge on any atom is 0.165 e. The van der Waals surface area contributed by atoms with Crippen LogP contribution < -0.4 is 24.6 Å². The predicted molar refractivity (Wildman–Crippen MR) is 176 cm³/mol. The lowest BCUT2D eigenvalue weighted by Crippen LogP contribution is -2.45. The van der Waals surface area contributed by atoms with Gasteiger partial charge in [0.25, 0.3) is 0 Å². The second kappa shape index (κ2) is 12.5. The minimum Gasteiger partial charge on any atom is -0.478 e. The van der Waals surface area contributed by atoms with Crippen LogP contribution in [0.1, 0.15) is 56.1 Å². The summed E-state index contributed by atoms with van der Waals surface area (Å²) >= 11 is 0. The van der Waals surface area contributed by atoms with Gasteiger partial charge in [0.1, 0.15) is 36.5 Å². The quantitative estimate of drug-likeness (QED) is 0.349. The highest BCUT2D eigenvalue weighted by molar-refractivity contribution is 5.61. The van der Waals surface area contributed by atoms with E-state index in [1.807, 2.05) is 0 Å². The van der Waals surface area contributed by atoms with Crippen molar-refractivity contribution in [3.63, 3.8) is 0 Å². The molecule has 45 heavy (non-hydrogen) atoms. The fraction of sp³-hybridized carbons (Fsp3) is 0.459. The molecule has 0 bridgehead atoms. The molecule has 8 rings (SSSR count). The maximum absolute atomic E-state index is 6.24. The van der Waals surface area contributed by atoms with E-state index in [9.17, 15) is 0 Å². The number of rotatable bonds is 7. The molecule has 0 amide bonds. The molecule has 2 aromatic rings. The number of allylic oxidation sites excluding steroid dienone is 5. The van der Waals surface area contributed by atoms with Crippen LogP contribution in [0.25, 0.3) is 0 Å². The molecule has 8 heteroatoms. The summed E-state index contributed by atoms with van der Waals surface area (Å²) in [6.45, 7) is 6.42. The third-order valence-electron chi connectivity index (χ3n) is 10.2. The highest BCUT2D eigenvalue weighted by atomic mass is 16.5. The molecule has 2 saturated heterocycles. The fourth-order valence-electron chi connectivity index (χ4n) is 7.60. The molecule has 0 radical (unpaired) electrons. The van der Waals surface area contributed by atoms with E-state index in [1.54, 1.807) is 0 Å². The van der Waals surface area contributed by atoms with Gasteiger partial charge >= 0.3 is 0 Å². The summed E-state index contributed by atoms with van der Waals surface area (Å²) in [5.74, 6) is 4.54. The van der Waals surface area contributed by atoms with Gasteiger partial charge in [-0.2, -0.15) is 0 Å². The molecule has 1 N–H and O–H groups in total. The number of nitrogens with zero attached hydrogens (tertiary/aromatic N) is 3. The van der Waals surface area contributed by atoms with E-state index in [1.165, 1.54) is 22.6 Å². The standard InChI is InChI=1S/C37H44N4O4/c1-26-18-31(40-20-27-6-2-4-8-35(27)43-24-40)14-16-34(26)42-22-38-29-10-12-30(13-11-29)39-21-28-19-32(15-17-36(28)44-23-39)41-25-45-37-9-5-3-7-33(37)41/h2,4,7-9,14-19,27,29-30,38H,3,5-6,10-13,20-25H2,1H3. The van der Waals surface area contributed by atoms with Gasteiger partial charge in [-0.25, -0.2) is 0 Å². The number of fused-ring (bicyclic) bond motifs is 3. The Bertz CT molecular complexity index is 1540. The van der Waals surface area contributed by atoms with Crippen molar-refractivity contribution in [1.82, 2.24) is 10.2 Å². The number of hydrogen-bond donors (Lipinski definition) is 1. The first-order valence-corrected chi connectivity index (χ1v) is 16.7. The zero-order valence-electron chi connectivity index (χ0n) is 26.2. The molecule has 1 atom stereocenters. The molecule has 2 aromatic carbocycles. The van der Waals surface area contributed by atoms with Crippen LogP contribution in [-0.4, -0.2) is 50.5 Å². The van der Waals surface area contributed by atoms with E-state index in [2.05, 4.69) is 93.7 Å². The van der Waals surface area contributed by atoms with Gasteiger partial charge in [0.05, 0.1) is 5.70 Å². The molecular formula is C37H44N4O4. The van der Waals surface area contributed by atoms with Gasteiger partial charge in [-0.05, 0) is 106 Å².